The van der Waals surface area contributed by atoms with Crippen molar-refractivity contribution >= 4 is 15.9 Å². The predicted molar refractivity (Wildman–Crippen MR) is 88.9 cm³/mol. The van der Waals surface area contributed by atoms with Crippen LogP contribution >= 0.6 is 0 Å². The molecule has 1 heterocycles. The van der Waals surface area contributed by atoms with Crippen LogP contribution in [0.25, 0.3) is 0 Å². The first-order chi connectivity index (χ1) is 10.9. The lowest BCUT2D eigenvalue weighted by atomic mass is 10.1. The molecule has 0 aromatic heterocycles. The molecule has 0 bridgehead atoms. The maximum Gasteiger partial charge on any atom is 0.219 e. The van der Waals surface area contributed by atoms with E-state index in [0.29, 0.717) is 19.4 Å². The van der Waals surface area contributed by atoms with Gasteiger partial charge in [-0.2, -0.15) is 0 Å². The summed E-state index contributed by atoms with van der Waals surface area (Å²) in [6.07, 6.45) is 1.29. The number of benzene rings is 1. The summed E-state index contributed by atoms with van der Waals surface area (Å²) in [7, 11) is -3.43. The maximum atomic E-state index is 12.3. The van der Waals surface area contributed by atoms with E-state index < -0.39 is 15.3 Å². The lowest BCUT2D eigenvalue weighted by molar-refractivity contribution is -0.129. The Kier molecular flexibility index (Phi) is 6.01. The van der Waals surface area contributed by atoms with Crippen LogP contribution in [-0.4, -0.2) is 50.7 Å². The van der Waals surface area contributed by atoms with E-state index in [9.17, 15) is 13.2 Å². The second-order valence-electron chi connectivity index (χ2n) is 5.83. The molecule has 1 N–H and O–H groups in total. The van der Waals surface area contributed by atoms with Gasteiger partial charge in [-0.3, -0.25) is 4.79 Å². The average Bonchev–Trinajstić information content (AvgIpc) is 2.53. The minimum Gasteiger partial charge on any atom is -0.492 e. The molecule has 0 unspecified atom stereocenters. The smallest absolute Gasteiger partial charge is 0.219 e. The zero-order chi connectivity index (χ0) is 16.9. The van der Waals surface area contributed by atoms with Crippen LogP contribution in [0.3, 0.4) is 0 Å². The van der Waals surface area contributed by atoms with Crippen molar-refractivity contribution in [3.05, 3.63) is 29.8 Å². The van der Waals surface area contributed by atoms with Crippen LogP contribution in [0.5, 0.6) is 5.75 Å². The van der Waals surface area contributed by atoms with Gasteiger partial charge in [0.05, 0.1) is 5.25 Å². The summed E-state index contributed by atoms with van der Waals surface area (Å²) in [5.41, 5.74) is 1.14. The third-order valence-electron chi connectivity index (χ3n) is 3.96. The normalized spacial score (nSPS) is 18.7. The SMILES string of the molecule is CC(=O)N1CCC[C@@H](S(=O)(=O)NCCOc2ccc(C)cc2)C1. The third-order valence-corrected chi connectivity index (χ3v) is 5.83. The number of piperidine rings is 1. The first kappa shape index (κ1) is 17.7. The number of aryl methyl sites for hydroxylation is 1. The van der Waals surface area contributed by atoms with Crippen molar-refractivity contribution in [2.45, 2.75) is 31.9 Å². The molecule has 23 heavy (non-hydrogen) atoms. The number of nitrogens with zero attached hydrogens (tertiary/aromatic N) is 1. The Morgan fingerprint density at radius 1 is 1.35 bits per heavy atom. The van der Waals surface area contributed by atoms with Gasteiger partial charge in [-0.05, 0) is 31.9 Å². The van der Waals surface area contributed by atoms with Gasteiger partial charge in [-0.25, -0.2) is 13.1 Å². The van der Waals surface area contributed by atoms with E-state index in [0.717, 1.165) is 11.3 Å². The van der Waals surface area contributed by atoms with E-state index >= 15 is 0 Å². The lowest BCUT2D eigenvalue weighted by Crippen LogP contribution is -2.48. The van der Waals surface area contributed by atoms with Gasteiger partial charge in [-0.1, -0.05) is 17.7 Å². The van der Waals surface area contributed by atoms with E-state index in [2.05, 4.69) is 4.72 Å². The first-order valence-electron chi connectivity index (χ1n) is 7.82. The molecule has 0 spiro atoms. The summed E-state index contributed by atoms with van der Waals surface area (Å²) < 4.78 is 32.7. The molecule has 1 aliphatic heterocycles. The second-order valence-corrected chi connectivity index (χ2v) is 7.88. The minimum absolute atomic E-state index is 0.0763. The molecular formula is C16H24N2O4S. The van der Waals surface area contributed by atoms with Gasteiger partial charge in [0.15, 0.2) is 0 Å². The van der Waals surface area contributed by atoms with Gasteiger partial charge in [0.1, 0.15) is 12.4 Å². The summed E-state index contributed by atoms with van der Waals surface area (Å²) in [4.78, 5) is 13.0. The van der Waals surface area contributed by atoms with Gasteiger partial charge in [0.2, 0.25) is 15.9 Å². The number of amides is 1. The molecule has 6 nitrogen and oxygen atoms in total. The number of carbonyl (C=O) groups is 1. The first-order valence-corrected chi connectivity index (χ1v) is 9.36. The van der Waals surface area contributed by atoms with Crippen molar-refractivity contribution in [2.75, 3.05) is 26.2 Å². The molecule has 1 aromatic carbocycles. The molecule has 1 saturated heterocycles. The number of ether oxygens (including phenoxy) is 1. The molecule has 128 valence electrons. The standard InChI is InChI=1S/C16H24N2O4S/c1-13-5-7-15(8-6-13)22-11-9-17-23(20,21)16-4-3-10-18(12-16)14(2)19/h5-8,16-17H,3-4,9-12H2,1-2H3/t16-/m1/s1. The largest absolute Gasteiger partial charge is 0.492 e. The van der Waals surface area contributed by atoms with Gasteiger partial charge in [0.25, 0.3) is 0 Å². The predicted octanol–water partition coefficient (Wildman–Crippen LogP) is 1.30. The molecule has 1 aliphatic rings. The highest BCUT2D eigenvalue weighted by molar-refractivity contribution is 7.90. The van der Waals surface area contributed by atoms with Gasteiger partial charge >= 0.3 is 0 Å². The molecular weight excluding hydrogens is 316 g/mol. The van der Waals surface area contributed by atoms with E-state index in [4.69, 9.17) is 4.74 Å². The van der Waals surface area contributed by atoms with Crippen molar-refractivity contribution < 1.29 is 17.9 Å². The van der Waals surface area contributed by atoms with Crippen LogP contribution < -0.4 is 9.46 Å². The van der Waals surface area contributed by atoms with E-state index in [1.165, 1.54) is 6.92 Å². The van der Waals surface area contributed by atoms with Crippen molar-refractivity contribution in [3.63, 3.8) is 0 Å². The quantitative estimate of drug-likeness (QED) is 0.792. The summed E-state index contributed by atoms with van der Waals surface area (Å²) in [6.45, 7) is 4.85. The molecule has 1 amide bonds. The number of hydrogen-bond acceptors (Lipinski definition) is 4. The molecule has 0 saturated carbocycles. The topological polar surface area (TPSA) is 75.7 Å². The maximum absolute atomic E-state index is 12.3. The number of likely N-dealkylation sites (tertiary alicyclic amines) is 1. The van der Waals surface area contributed by atoms with Crippen LogP contribution in [-0.2, 0) is 14.8 Å². The van der Waals surface area contributed by atoms with Crippen molar-refractivity contribution in [1.29, 1.82) is 0 Å². The van der Waals surface area contributed by atoms with Crippen LogP contribution in [0.1, 0.15) is 25.3 Å². The average molecular weight is 340 g/mol. The minimum atomic E-state index is -3.43. The van der Waals surface area contributed by atoms with Crippen molar-refractivity contribution in [3.8, 4) is 5.75 Å². The Hall–Kier alpha value is -1.60. The number of hydrogen-bond donors (Lipinski definition) is 1. The Labute approximate surface area is 137 Å². The van der Waals surface area contributed by atoms with E-state index in [1.54, 1.807) is 4.90 Å². The zero-order valence-electron chi connectivity index (χ0n) is 13.6. The summed E-state index contributed by atoms with van der Waals surface area (Å²) >= 11 is 0. The second kappa shape index (κ2) is 7.79. The van der Waals surface area contributed by atoms with Crippen LogP contribution in [0, 0.1) is 6.92 Å². The van der Waals surface area contributed by atoms with Gasteiger partial charge < -0.3 is 9.64 Å². The molecule has 1 fully saturated rings. The van der Waals surface area contributed by atoms with Gasteiger partial charge in [0, 0.05) is 26.6 Å². The van der Waals surface area contributed by atoms with Gasteiger partial charge in [-0.15, -0.1) is 0 Å². The van der Waals surface area contributed by atoms with Crippen LogP contribution in [0.15, 0.2) is 24.3 Å². The van der Waals surface area contributed by atoms with Crippen LogP contribution in [0.2, 0.25) is 0 Å². The fourth-order valence-electron chi connectivity index (χ4n) is 2.58. The highest BCUT2D eigenvalue weighted by Gasteiger charge is 2.31. The molecule has 2 rings (SSSR count). The lowest BCUT2D eigenvalue weighted by Gasteiger charge is -2.31. The molecule has 7 heteroatoms. The Morgan fingerprint density at radius 3 is 2.70 bits per heavy atom. The van der Waals surface area contributed by atoms with E-state index in [1.807, 2.05) is 31.2 Å². The molecule has 0 aliphatic carbocycles. The Balaban J connectivity index is 1.79. The monoisotopic (exact) mass is 340 g/mol. The number of sulfonamides is 1. The zero-order valence-corrected chi connectivity index (χ0v) is 14.4. The summed E-state index contributed by atoms with van der Waals surface area (Å²) in [5.74, 6) is 0.642. The fourth-order valence-corrected chi connectivity index (χ4v) is 4.04. The Bertz CT molecular complexity index is 628. The number of nitrogens with one attached hydrogen (secondary N) is 1. The third kappa shape index (κ3) is 5.21. The highest BCUT2D eigenvalue weighted by atomic mass is 32.2. The molecule has 1 atom stereocenters. The van der Waals surface area contributed by atoms with Crippen molar-refractivity contribution in [1.82, 2.24) is 9.62 Å². The number of carbonyl (C=O) groups excluding carboxylic acids is 1. The summed E-state index contributed by atoms with van der Waals surface area (Å²) in [6, 6.07) is 7.60. The fraction of sp³-hybridized carbons (Fsp3) is 0.562. The highest BCUT2D eigenvalue weighted by Crippen LogP contribution is 2.16. The molecule has 1 aromatic rings. The number of rotatable bonds is 6. The Morgan fingerprint density at radius 2 is 2.04 bits per heavy atom. The van der Waals surface area contributed by atoms with Crippen molar-refractivity contribution in [2.24, 2.45) is 0 Å². The van der Waals surface area contributed by atoms with Crippen LogP contribution in [0.4, 0.5) is 0 Å². The summed E-state index contributed by atoms with van der Waals surface area (Å²) in [5, 5.41) is -0.542. The van der Waals surface area contributed by atoms with E-state index in [-0.39, 0.29) is 25.6 Å². The molecule has 0 radical (unpaired) electrons.